The summed E-state index contributed by atoms with van der Waals surface area (Å²) in [4.78, 5) is 18.6. The van der Waals surface area contributed by atoms with E-state index in [4.69, 9.17) is 0 Å². The number of hydrogen-bond acceptors (Lipinski definition) is 4. The lowest BCUT2D eigenvalue weighted by Crippen LogP contribution is -1.99. The average molecular weight is 439 g/mol. The van der Waals surface area contributed by atoms with Gasteiger partial charge < -0.3 is 0 Å². The van der Waals surface area contributed by atoms with Gasteiger partial charge in [-0.05, 0) is 70.8 Å². The molecular weight excluding hydrogens is 416 g/mol. The minimum Gasteiger partial charge on any atom is -0.237 e. The molecule has 2 aromatic heterocycles. The monoisotopic (exact) mass is 438 g/mol. The summed E-state index contributed by atoms with van der Waals surface area (Å²) in [5.74, 6) is 1.41. The van der Waals surface area contributed by atoms with Crippen LogP contribution in [0.25, 0.3) is 55.4 Å². The predicted molar refractivity (Wildman–Crippen MR) is 138 cm³/mol. The Hall–Kier alpha value is -4.44. The molecule has 0 unspecified atom stereocenters. The molecular formula is C30H22N4. The van der Waals surface area contributed by atoms with E-state index in [9.17, 15) is 0 Å². The number of benzene rings is 4. The van der Waals surface area contributed by atoms with Crippen LogP contribution in [0.2, 0.25) is 0 Å². The van der Waals surface area contributed by atoms with Crippen molar-refractivity contribution in [3.05, 3.63) is 109 Å². The minimum absolute atomic E-state index is 0.705. The van der Waals surface area contributed by atoms with Crippen molar-refractivity contribution in [2.45, 2.75) is 13.8 Å². The summed E-state index contributed by atoms with van der Waals surface area (Å²) in [6.07, 6.45) is 7.19. The van der Waals surface area contributed by atoms with Crippen LogP contribution in [0.1, 0.15) is 11.1 Å². The molecule has 0 saturated carbocycles. The second kappa shape index (κ2) is 8.16. The van der Waals surface area contributed by atoms with E-state index in [1.807, 2.05) is 12.1 Å². The quantitative estimate of drug-likeness (QED) is 0.293. The van der Waals surface area contributed by atoms with E-state index in [1.54, 1.807) is 24.8 Å². The Morgan fingerprint density at radius 2 is 0.794 bits per heavy atom. The molecule has 0 atom stereocenters. The standard InChI is InChI=1S/C30H22N4/c1-19-17-25(29-31-13-7-14-32-29)27(23-11-5-3-9-21(19)23)28-24-12-6-4-10-22(24)20(2)18-26(28)30-33-15-8-16-34-30/h3-18H,1-2H3. The SMILES string of the molecule is Cc1cc(-c2ncccn2)c(-c2c(-c3ncccn3)cc(C)c3ccccc23)c2ccccc12. The van der Waals surface area contributed by atoms with Crippen LogP contribution >= 0.6 is 0 Å². The molecule has 34 heavy (non-hydrogen) atoms. The van der Waals surface area contributed by atoms with E-state index >= 15 is 0 Å². The second-order valence-corrected chi connectivity index (χ2v) is 8.47. The smallest absolute Gasteiger partial charge is 0.159 e. The van der Waals surface area contributed by atoms with E-state index in [1.165, 1.54) is 21.9 Å². The molecule has 4 nitrogen and oxygen atoms in total. The molecule has 0 fully saturated rings. The summed E-state index contributed by atoms with van der Waals surface area (Å²) in [6.45, 7) is 4.29. The zero-order valence-electron chi connectivity index (χ0n) is 19.0. The molecule has 2 heterocycles. The first-order valence-corrected chi connectivity index (χ1v) is 11.3. The number of rotatable bonds is 3. The molecule has 0 aliphatic rings. The van der Waals surface area contributed by atoms with Gasteiger partial charge in [0.2, 0.25) is 0 Å². The molecule has 0 bridgehead atoms. The Labute approximate surface area is 198 Å². The fourth-order valence-electron chi connectivity index (χ4n) is 4.88. The average Bonchev–Trinajstić information content (AvgIpc) is 2.90. The summed E-state index contributed by atoms with van der Waals surface area (Å²) < 4.78 is 0. The van der Waals surface area contributed by atoms with Crippen LogP contribution in [0.5, 0.6) is 0 Å². The molecule has 0 saturated heterocycles. The van der Waals surface area contributed by atoms with Gasteiger partial charge in [0.1, 0.15) is 0 Å². The largest absolute Gasteiger partial charge is 0.237 e. The highest BCUT2D eigenvalue weighted by Gasteiger charge is 2.22. The van der Waals surface area contributed by atoms with Crippen LogP contribution in [0.3, 0.4) is 0 Å². The van der Waals surface area contributed by atoms with Crippen molar-refractivity contribution in [2.24, 2.45) is 0 Å². The lowest BCUT2D eigenvalue weighted by Gasteiger charge is -2.20. The highest BCUT2D eigenvalue weighted by molar-refractivity contribution is 6.15. The molecule has 0 amide bonds. The molecule has 0 radical (unpaired) electrons. The van der Waals surface area contributed by atoms with Gasteiger partial charge in [0.25, 0.3) is 0 Å². The fourth-order valence-corrected chi connectivity index (χ4v) is 4.88. The predicted octanol–water partition coefficient (Wildman–Crippen LogP) is 7.19. The van der Waals surface area contributed by atoms with Gasteiger partial charge in [0.05, 0.1) is 0 Å². The van der Waals surface area contributed by atoms with Crippen LogP contribution in [0.15, 0.2) is 97.6 Å². The topological polar surface area (TPSA) is 51.6 Å². The van der Waals surface area contributed by atoms with Crippen molar-refractivity contribution >= 4 is 21.5 Å². The maximum atomic E-state index is 4.64. The van der Waals surface area contributed by atoms with Gasteiger partial charge in [-0.2, -0.15) is 0 Å². The number of fused-ring (bicyclic) bond motifs is 2. The van der Waals surface area contributed by atoms with Gasteiger partial charge in [0, 0.05) is 47.0 Å². The van der Waals surface area contributed by atoms with Crippen LogP contribution < -0.4 is 0 Å². The van der Waals surface area contributed by atoms with Crippen molar-refractivity contribution in [3.8, 4) is 33.9 Å². The molecule has 0 spiro atoms. The van der Waals surface area contributed by atoms with Crippen molar-refractivity contribution in [3.63, 3.8) is 0 Å². The Kier molecular flexibility index (Phi) is 4.84. The van der Waals surface area contributed by atoms with Gasteiger partial charge in [0.15, 0.2) is 11.6 Å². The van der Waals surface area contributed by atoms with Crippen LogP contribution in [0.4, 0.5) is 0 Å². The first-order chi connectivity index (χ1) is 16.7. The molecule has 0 N–H and O–H groups in total. The van der Waals surface area contributed by atoms with E-state index in [0.29, 0.717) is 11.6 Å². The summed E-state index contributed by atoms with van der Waals surface area (Å²) >= 11 is 0. The van der Waals surface area contributed by atoms with Gasteiger partial charge in [-0.25, -0.2) is 19.9 Å². The highest BCUT2D eigenvalue weighted by Crippen LogP contribution is 2.46. The van der Waals surface area contributed by atoms with Gasteiger partial charge in [-0.15, -0.1) is 0 Å². The molecule has 162 valence electrons. The number of aromatic nitrogens is 4. The zero-order valence-corrected chi connectivity index (χ0v) is 19.0. The van der Waals surface area contributed by atoms with Crippen LogP contribution in [-0.2, 0) is 0 Å². The Morgan fingerprint density at radius 1 is 0.441 bits per heavy atom. The maximum Gasteiger partial charge on any atom is 0.159 e. The number of hydrogen-bond donors (Lipinski definition) is 0. The summed E-state index contributed by atoms with van der Waals surface area (Å²) in [7, 11) is 0. The van der Waals surface area contributed by atoms with Crippen molar-refractivity contribution in [1.29, 1.82) is 0 Å². The number of nitrogens with zero attached hydrogens (tertiary/aromatic N) is 4. The van der Waals surface area contributed by atoms with Crippen LogP contribution in [-0.4, -0.2) is 19.9 Å². The van der Waals surface area contributed by atoms with Gasteiger partial charge in [-0.3, -0.25) is 0 Å². The van der Waals surface area contributed by atoms with E-state index in [2.05, 4.69) is 94.4 Å². The Balaban J connectivity index is 1.86. The first kappa shape index (κ1) is 20.2. The second-order valence-electron chi connectivity index (χ2n) is 8.47. The lowest BCUT2D eigenvalue weighted by atomic mass is 9.84. The molecule has 4 aromatic carbocycles. The molecule has 6 aromatic rings. The van der Waals surface area contributed by atoms with Crippen molar-refractivity contribution < 1.29 is 0 Å². The molecule has 4 heteroatoms. The first-order valence-electron chi connectivity index (χ1n) is 11.3. The Bertz CT molecular complexity index is 1530. The normalized spacial score (nSPS) is 11.2. The van der Waals surface area contributed by atoms with Gasteiger partial charge in [-0.1, -0.05) is 48.5 Å². The third kappa shape index (κ3) is 3.23. The fraction of sp³-hybridized carbons (Fsp3) is 0.0667. The molecule has 0 aliphatic heterocycles. The molecule has 0 aliphatic carbocycles. The van der Waals surface area contributed by atoms with Crippen molar-refractivity contribution in [2.75, 3.05) is 0 Å². The van der Waals surface area contributed by atoms with E-state index in [-0.39, 0.29) is 0 Å². The third-order valence-corrected chi connectivity index (χ3v) is 6.37. The third-order valence-electron chi connectivity index (χ3n) is 6.37. The van der Waals surface area contributed by atoms with Crippen molar-refractivity contribution in [1.82, 2.24) is 19.9 Å². The minimum atomic E-state index is 0.705. The lowest BCUT2D eigenvalue weighted by molar-refractivity contribution is 1.17. The number of aryl methyl sites for hydroxylation is 2. The van der Waals surface area contributed by atoms with E-state index in [0.717, 1.165) is 33.0 Å². The summed E-state index contributed by atoms with van der Waals surface area (Å²) in [5.41, 5.74) is 6.59. The highest BCUT2D eigenvalue weighted by atomic mass is 14.9. The van der Waals surface area contributed by atoms with Crippen LogP contribution in [0, 0.1) is 13.8 Å². The van der Waals surface area contributed by atoms with Gasteiger partial charge >= 0.3 is 0 Å². The van der Waals surface area contributed by atoms with E-state index < -0.39 is 0 Å². The Morgan fingerprint density at radius 3 is 1.18 bits per heavy atom. The summed E-state index contributed by atoms with van der Waals surface area (Å²) in [6, 6.07) is 25.2. The maximum absolute atomic E-state index is 4.64. The molecule has 6 rings (SSSR count). The summed E-state index contributed by atoms with van der Waals surface area (Å²) in [5, 5.41) is 4.75. The zero-order chi connectivity index (χ0) is 23.1.